The van der Waals surface area contributed by atoms with Crippen LogP contribution in [0, 0.1) is 5.41 Å². The van der Waals surface area contributed by atoms with Crippen molar-refractivity contribution in [3.8, 4) is 0 Å². The van der Waals surface area contributed by atoms with Gasteiger partial charge in [-0.3, -0.25) is 14.4 Å². The van der Waals surface area contributed by atoms with Gasteiger partial charge in [0, 0.05) is 0 Å². The van der Waals surface area contributed by atoms with Gasteiger partial charge in [-0.05, 0) is 67.9 Å². The molecule has 1 aliphatic carbocycles. The molecule has 2 heterocycles. The van der Waals surface area contributed by atoms with E-state index in [1.54, 1.807) is 23.7 Å². The molecule has 4 rings (SSSR count). The number of aryl methyl sites for hydroxylation is 1. The second-order valence-corrected chi connectivity index (χ2v) is 11.7. The molecule has 0 spiro atoms. The third-order valence-electron chi connectivity index (χ3n) is 7.62. The number of nitrogens with zero attached hydrogens (tertiary/aromatic N) is 1. The largest absolute Gasteiger partial charge is 0.347 e. The van der Waals surface area contributed by atoms with E-state index in [0.717, 1.165) is 31.4 Å². The van der Waals surface area contributed by atoms with Gasteiger partial charge in [-0.2, -0.15) is 0 Å². The van der Waals surface area contributed by atoms with Crippen LogP contribution in [0.3, 0.4) is 0 Å². The predicted octanol–water partition coefficient (Wildman–Crippen LogP) is 2.75. The number of carbonyl (C=O) groups excluding carboxylic acids is 3. The predicted molar refractivity (Wildman–Crippen MR) is 135 cm³/mol. The summed E-state index contributed by atoms with van der Waals surface area (Å²) in [6, 6.07) is 6.79. The summed E-state index contributed by atoms with van der Waals surface area (Å²) in [5, 5.41) is 9.22. The minimum absolute atomic E-state index is 0.0292. The molecular formula is C26H38N4O3S. The lowest BCUT2D eigenvalue weighted by Crippen LogP contribution is -2.58. The van der Waals surface area contributed by atoms with E-state index in [1.165, 1.54) is 11.1 Å². The Labute approximate surface area is 207 Å². The van der Waals surface area contributed by atoms with Gasteiger partial charge in [0.1, 0.15) is 12.1 Å². The molecule has 2 aliphatic heterocycles. The molecule has 0 saturated carbocycles. The lowest BCUT2D eigenvalue weighted by Gasteiger charge is -2.36. The molecule has 7 nitrogen and oxygen atoms in total. The van der Waals surface area contributed by atoms with E-state index in [4.69, 9.17) is 0 Å². The van der Waals surface area contributed by atoms with Gasteiger partial charge in [-0.1, -0.05) is 45.0 Å². The molecule has 0 bridgehead atoms. The van der Waals surface area contributed by atoms with Gasteiger partial charge in [0.05, 0.1) is 17.5 Å². The first kappa shape index (κ1) is 25.0. The van der Waals surface area contributed by atoms with Gasteiger partial charge in [-0.25, -0.2) is 0 Å². The molecule has 1 unspecified atom stereocenters. The summed E-state index contributed by atoms with van der Waals surface area (Å²) in [6.07, 6.45) is 4.96. The van der Waals surface area contributed by atoms with Gasteiger partial charge in [-0.15, -0.1) is 11.8 Å². The number of amides is 3. The number of hydrogen-bond donors (Lipinski definition) is 3. The molecule has 3 aliphatic rings. The molecule has 1 aromatic carbocycles. The monoisotopic (exact) mass is 486 g/mol. The Morgan fingerprint density at radius 2 is 1.94 bits per heavy atom. The Hall–Kier alpha value is -2.06. The minimum Gasteiger partial charge on any atom is -0.347 e. The van der Waals surface area contributed by atoms with Crippen molar-refractivity contribution in [3.63, 3.8) is 0 Å². The molecule has 3 amide bonds. The van der Waals surface area contributed by atoms with E-state index in [9.17, 15) is 14.4 Å². The maximum atomic E-state index is 13.8. The summed E-state index contributed by atoms with van der Waals surface area (Å²) in [5.74, 6) is 0.389. The van der Waals surface area contributed by atoms with Crippen molar-refractivity contribution in [2.45, 2.75) is 88.8 Å². The molecular weight excluding hydrogens is 448 g/mol. The number of hydrogen-bond acceptors (Lipinski definition) is 5. The molecule has 2 fully saturated rings. The summed E-state index contributed by atoms with van der Waals surface area (Å²) >= 11 is 1.73. The molecule has 1 aromatic rings. The second-order valence-electron chi connectivity index (χ2n) is 10.4. The zero-order valence-electron chi connectivity index (χ0n) is 20.7. The Kier molecular flexibility index (Phi) is 7.57. The van der Waals surface area contributed by atoms with Crippen molar-refractivity contribution in [3.05, 3.63) is 35.4 Å². The summed E-state index contributed by atoms with van der Waals surface area (Å²) in [5.41, 5.74) is 2.13. The topological polar surface area (TPSA) is 90.5 Å². The average molecular weight is 487 g/mol. The fraction of sp³-hybridized carbons (Fsp3) is 0.654. The van der Waals surface area contributed by atoms with Crippen LogP contribution in [0.5, 0.6) is 0 Å². The van der Waals surface area contributed by atoms with Crippen LogP contribution in [-0.4, -0.2) is 58.9 Å². The first-order chi connectivity index (χ1) is 16.3. The molecule has 2 saturated heterocycles. The normalized spacial score (nSPS) is 28.9. The second kappa shape index (κ2) is 10.3. The van der Waals surface area contributed by atoms with Crippen LogP contribution in [0.25, 0.3) is 0 Å². The van der Waals surface area contributed by atoms with Crippen LogP contribution in [0.15, 0.2) is 24.3 Å². The highest BCUT2D eigenvalue weighted by molar-refractivity contribution is 7.99. The quantitative estimate of drug-likeness (QED) is 0.575. The maximum Gasteiger partial charge on any atom is 0.246 e. The van der Waals surface area contributed by atoms with Crippen LogP contribution < -0.4 is 16.0 Å². The van der Waals surface area contributed by atoms with Crippen LogP contribution in [0.1, 0.15) is 70.0 Å². The van der Waals surface area contributed by atoms with E-state index in [1.807, 2.05) is 19.1 Å². The lowest BCUT2D eigenvalue weighted by molar-refractivity contribution is -0.144. The first-order valence-corrected chi connectivity index (χ1v) is 13.6. The number of fused-ring (bicyclic) bond motifs is 2. The van der Waals surface area contributed by atoms with E-state index < -0.39 is 12.1 Å². The highest BCUT2D eigenvalue weighted by atomic mass is 32.2. The highest BCUT2D eigenvalue weighted by Crippen LogP contribution is 2.46. The zero-order valence-corrected chi connectivity index (χ0v) is 21.5. The van der Waals surface area contributed by atoms with Crippen molar-refractivity contribution in [1.82, 2.24) is 20.9 Å². The third kappa shape index (κ3) is 4.85. The molecule has 0 radical (unpaired) electrons. The summed E-state index contributed by atoms with van der Waals surface area (Å²) in [4.78, 5) is 42.0. The number of thioether (sulfide) groups is 1. The van der Waals surface area contributed by atoms with Gasteiger partial charge < -0.3 is 20.9 Å². The van der Waals surface area contributed by atoms with Crippen molar-refractivity contribution >= 4 is 29.5 Å². The summed E-state index contributed by atoms with van der Waals surface area (Å²) < 4.78 is 0. The van der Waals surface area contributed by atoms with Crippen molar-refractivity contribution in [1.29, 1.82) is 0 Å². The Morgan fingerprint density at radius 1 is 1.18 bits per heavy atom. The van der Waals surface area contributed by atoms with Crippen LogP contribution >= 0.6 is 11.8 Å². The highest BCUT2D eigenvalue weighted by Gasteiger charge is 2.54. The van der Waals surface area contributed by atoms with Gasteiger partial charge in [0.25, 0.3) is 0 Å². The molecule has 8 heteroatoms. The average Bonchev–Trinajstić information content (AvgIpc) is 3.00. The standard InChI is InChI=1S/C26H38N4O3S/c1-5-18(27-4)23(31)29-20-13-14-34-21-15-26(2,3)22(30(21)25(20)33)24(32)28-19-12-8-10-16-9-6-7-11-17(16)19/h6-7,9,11,18-22,27H,5,8,10,12-15H2,1-4H3,(H,28,32)(H,29,31)/t18-,19+,20-,21-,22?/m0/s1. The van der Waals surface area contributed by atoms with Gasteiger partial charge in [0.15, 0.2) is 0 Å². The van der Waals surface area contributed by atoms with E-state index >= 15 is 0 Å². The number of likely N-dealkylation sites (N-methyl/N-ethyl adjacent to an activating group) is 1. The van der Waals surface area contributed by atoms with Crippen molar-refractivity contribution < 1.29 is 14.4 Å². The van der Waals surface area contributed by atoms with E-state index in [-0.39, 0.29) is 40.6 Å². The Bertz CT molecular complexity index is 932. The summed E-state index contributed by atoms with van der Waals surface area (Å²) in [6.45, 7) is 6.10. The van der Waals surface area contributed by atoms with Crippen molar-refractivity contribution in [2.75, 3.05) is 12.8 Å². The Balaban J connectivity index is 1.55. The minimum atomic E-state index is -0.605. The molecule has 186 valence electrons. The summed E-state index contributed by atoms with van der Waals surface area (Å²) in [7, 11) is 1.75. The molecule has 5 atom stereocenters. The SMILES string of the molecule is CC[C@H](NC)C(=O)N[C@H]1CCS[C@H]2CC(C)(C)C(C(=O)N[C@@H]3CCCc4ccccc43)N2C1=O. The van der Waals surface area contributed by atoms with Gasteiger partial charge >= 0.3 is 0 Å². The first-order valence-electron chi connectivity index (χ1n) is 12.6. The number of benzene rings is 1. The van der Waals surface area contributed by atoms with Crippen LogP contribution in [0.2, 0.25) is 0 Å². The van der Waals surface area contributed by atoms with Crippen LogP contribution in [0.4, 0.5) is 0 Å². The van der Waals surface area contributed by atoms with E-state index in [0.29, 0.717) is 12.8 Å². The maximum absolute atomic E-state index is 13.8. The number of rotatable bonds is 6. The lowest BCUT2D eigenvalue weighted by atomic mass is 9.83. The fourth-order valence-electron chi connectivity index (χ4n) is 5.80. The van der Waals surface area contributed by atoms with Gasteiger partial charge in [0.2, 0.25) is 17.7 Å². The van der Waals surface area contributed by atoms with E-state index in [2.05, 4.69) is 41.9 Å². The fourth-order valence-corrected chi connectivity index (χ4v) is 7.38. The van der Waals surface area contributed by atoms with Crippen LogP contribution in [-0.2, 0) is 20.8 Å². The molecule has 34 heavy (non-hydrogen) atoms. The smallest absolute Gasteiger partial charge is 0.246 e. The molecule has 0 aromatic heterocycles. The third-order valence-corrected chi connectivity index (χ3v) is 8.87. The zero-order chi connectivity index (χ0) is 24.5. The van der Waals surface area contributed by atoms with Crippen molar-refractivity contribution in [2.24, 2.45) is 5.41 Å². The molecule has 3 N–H and O–H groups in total. The number of nitrogens with one attached hydrogen (secondary N) is 3. The Morgan fingerprint density at radius 3 is 2.68 bits per heavy atom. The number of carbonyl (C=O) groups is 3.